The fourth-order valence-electron chi connectivity index (χ4n) is 2.33. The summed E-state index contributed by atoms with van der Waals surface area (Å²) < 4.78 is 5.28. The van der Waals surface area contributed by atoms with Gasteiger partial charge in [-0.15, -0.1) is 11.8 Å². The Kier molecular flexibility index (Phi) is 4.30. The van der Waals surface area contributed by atoms with Crippen LogP contribution in [0.5, 0.6) is 0 Å². The summed E-state index contributed by atoms with van der Waals surface area (Å²) >= 11 is 1.41. The molecular weight excluding hydrogens is 330 g/mol. The number of fused-ring (bicyclic) bond motifs is 1. The lowest BCUT2D eigenvalue weighted by atomic mass is 10.2. The van der Waals surface area contributed by atoms with Crippen molar-refractivity contribution in [2.24, 2.45) is 0 Å². The number of amides is 3. The van der Waals surface area contributed by atoms with E-state index in [0.717, 1.165) is 4.90 Å². The van der Waals surface area contributed by atoms with Crippen molar-refractivity contribution < 1.29 is 18.8 Å². The predicted octanol–water partition coefficient (Wildman–Crippen LogP) is 2.02. The number of nitrogens with one attached hydrogen (secondary N) is 3. The van der Waals surface area contributed by atoms with Gasteiger partial charge in [-0.25, -0.2) is 0 Å². The van der Waals surface area contributed by atoms with Gasteiger partial charge in [0.15, 0.2) is 0 Å². The molecular formula is C16H15N3O4S. The van der Waals surface area contributed by atoms with Gasteiger partial charge in [-0.1, -0.05) is 0 Å². The molecule has 0 aliphatic carbocycles. The van der Waals surface area contributed by atoms with Crippen LogP contribution in [0.3, 0.4) is 0 Å². The molecule has 0 fully saturated rings. The minimum absolute atomic E-state index is 0.107. The van der Waals surface area contributed by atoms with E-state index in [2.05, 4.69) is 16.2 Å². The molecule has 2 heterocycles. The van der Waals surface area contributed by atoms with Crippen LogP contribution in [0, 0.1) is 13.8 Å². The molecule has 8 heteroatoms. The van der Waals surface area contributed by atoms with Gasteiger partial charge < -0.3 is 9.73 Å². The predicted molar refractivity (Wildman–Crippen MR) is 88.9 cm³/mol. The molecule has 3 N–H and O–H groups in total. The number of hydrogen-bond donors (Lipinski definition) is 3. The Balaban J connectivity index is 1.67. The Hall–Kier alpha value is -2.74. The highest BCUT2D eigenvalue weighted by molar-refractivity contribution is 8.00. The normalized spacial score (nSPS) is 13.0. The van der Waals surface area contributed by atoms with Crippen molar-refractivity contribution in [1.29, 1.82) is 0 Å². The Morgan fingerprint density at radius 1 is 1.17 bits per heavy atom. The van der Waals surface area contributed by atoms with Gasteiger partial charge in [0.05, 0.1) is 17.0 Å². The van der Waals surface area contributed by atoms with Crippen LogP contribution in [0.25, 0.3) is 0 Å². The van der Waals surface area contributed by atoms with Gasteiger partial charge >= 0.3 is 0 Å². The fourth-order valence-corrected chi connectivity index (χ4v) is 3.12. The summed E-state index contributed by atoms with van der Waals surface area (Å²) in [5.41, 5.74) is 5.99. The Morgan fingerprint density at radius 2 is 1.92 bits per heavy atom. The van der Waals surface area contributed by atoms with Crippen molar-refractivity contribution in [1.82, 2.24) is 10.9 Å². The first-order valence-electron chi connectivity index (χ1n) is 7.18. The number of carbonyl (C=O) groups is 3. The van der Waals surface area contributed by atoms with E-state index in [1.165, 1.54) is 11.8 Å². The Morgan fingerprint density at radius 3 is 2.62 bits per heavy atom. The number of furan rings is 1. The molecule has 0 atom stereocenters. The van der Waals surface area contributed by atoms with Gasteiger partial charge in [-0.05, 0) is 38.1 Å². The molecule has 0 unspecified atom stereocenters. The van der Waals surface area contributed by atoms with Crippen LogP contribution in [0.1, 0.15) is 32.2 Å². The van der Waals surface area contributed by atoms with Crippen molar-refractivity contribution in [3.8, 4) is 0 Å². The van der Waals surface area contributed by atoms with Gasteiger partial charge in [-0.2, -0.15) is 0 Å². The van der Waals surface area contributed by atoms with E-state index < -0.39 is 11.8 Å². The summed E-state index contributed by atoms with van der Waals surface area (Å²) in [6, 6.07) is 6.58. The fraction of sp³-hybridized carbons (Fsp3) is 0.188. The molecule has 7 nitrogen and oxygen atoms in total. The third kappa shape index (κ3) is 3.28. The van der Waals surface area contributed by atoms with Crippen LogP contribution in [0.4, 0.5) is 5.69 Å². The maximum absolute atomic E-state index is 12.2. The Bertz CT molecular complexity index is 844. The molecule has 3 rings (SSSR count). The third-order valence-corrected chi connectivity index (χ3v) is 4.52. The summed E-state index contributed by atoms with van der Waals surface area (Å²) in [7, 11) is 0. The van der Waals surface area contributed by atoms with E-state index in [-0.39, 0.29) is 5.91 Å². The minimum Gasteiger partial charge on any atom is -0.466 e. The molecule has 0 saturated heterocycles. The average Bonchev–Trinajstić information content (AvgIpc) is 2.90. The molecule has 1 aliphatic heterocycles. The van der Waals surface area contributed by atoms with Crippen molar-refractivity contribution >= 4 is 35.2 Å². The highest BCUT2D eigenvalue weighted by Gasteiger charge is 2.18. The summed E-state index contributed by atoms with van der Waals surface area (Å²) in [5.74, 6) is 0.412. The highest BCUT2D eigenvalue weighted by Crippen LogP contribution is 2.31. The summed E-state index contributed by atoms with van der Waals surface area (Å²) in [6.45, 7) is 3.41. The lowest BCUT2D eigenvalue weighted by molar-refractivity contribution is -0.113. The van der Waals surface area contributed by atoms with Crippen LogP contribution >= 0.6 is 11.8 Å². The maximum Gasteiger partial charge on any atom is 0.273 e. The lowest BCUT2D eigenvalue weighted by Crippen LogP contribution is -2.41. The second-order valence-corrected chi connectivity index (χ2v) is 6.30. The van der Waals surface area contributed by atoms with Crippen molar-refractivity contribution in [3.05, 3.63) is 46.9 Å². The van der Waals surface area contributed by atoms with E-state index in [1.54, 1.807) is 38.1 Å². The number of anilines is 1. The van der Waals surface area contributed by atoms with Crippen molar-refractivity contribution in [2.45, 2.75) is 18.7 Å². The molecule has 0 bridgehead atoms. The standard InChI is InChI=1S/C16H15N3O4S/c1-8-5-11(9(2)23-8)16(22)19-18-15(21)10-3-4-13-12(6-10)17-14(20)7-24-13/h3-6H,7H2,1-2H3,(H,17,20)(H,18,21)(H,19,22). The molecule has 0 radical (unpaired) electrons. The smallest absolute Gasteiger partial charge is 0.273 e. The molecule has 0 saturated carbocycles. The van der Waals surface area contributed by atoms with Gasteiger partial charge in [0, 0.05) is 10.5 Å². The first-order chi connectivity index (χ1) is 11.4. The number of thioether (sulfide) groups is 1. The van der Waals surface area contributed by atoms with Crippen LogP contribution in [-0.4, -0.2) is 23.5 Å². The zero-order chi connectivity index (χ0) is 17.3. The number of rotatable bonds is 2. The van der Waals surface area contributed by atoms with E-state index in [1.807, 2.05) is 0 Å². The maximum atomic E-state index is 12.2. The first-order valence-corrected chi connectivity index (χ1v) is 8.17. The SMILES string of the molecule is Cc1cc(C(=O)NNC(=O)c2ccc3c(c2)NC(=O)CS3)c(C)o1. The zero-order valence-electron chi connectivity index (χ0n) is 13.1. The molecule has 0 spiro atoms. The van der Waals surface area contributed by atoms with Gasteiger partial charge in [-0.3, -0.25) is 25.2 Å². The number of hydrogen-bond acceptors (Lipinski definition) is 5. The van der Waals surface area contributed by atoms with Crippen LogP contribution in [-0.2, 0) is 4.79 Å². The monoisotopic (exact) mass is 345 g/mol. The van der Waals surface area contributed by atoms with Gasteiger partial charge in [0.25, 0.3) is 11.8 Å². The zero-order valence-corrected chi connectivity index (χ0v) is 13.9. The summed E-state index contributed by atoms with van der Waals surface area (Å²) in [4.78, 5) is 36.5. The summed E-state index contributed by atoms with van der Waals surface area (Å²) in [6.07, 6.45) is 0. The van der Waals surface area contributed by atoms with Gasteiger partial charge in [0.1, 0.15) is 11.5 Å². The number of aryl methyl sites for hydroxylation is 2. The van der Waals surface area contributed by atoms with Crippen LogP contribution in [0.15, 0.2) is 33.6 Å². The molecule has 24 heavy (non-hydrogen) atoms. The first kappa shape index (κ1) is 16.1. The quantitative estimate of drug-likeness (QED) is 0.723. The highest BCUT2D eigenvalue weighted by atomic mass is 32.2. The second-order valence-electron chi connectivity index (χ2n) is 5.28. The largest absolute Gasteiger partial charge is 0.466 e. The molecule has 3 amide bonds. The number of benzene rings is 1. The average molecular weight is 345 g/mol. The number of carbonyl (C=O) groups excluding carboxylic acids is 3. The van der Waals surface area contributed by atoms with Crippen molar-refractivity contribution in [2.75, 3.05) is 11.1 Å². The van der Waals surface area contributed by atoms with Crippen molar-refractivity contribution in [3.63, 3.8) is 0 Å². The minimum atomic E-state index is -0.478. The van der Waals surface area contributed by atoms with Crippen LogP contribution < -0.4 is 16.2 Å². The second kappa shape index (κ2) is 6.40. The van der Waals surface area contributed by atoms with E-state index in [0.29, 0.717) is 34.1 Å². The summed E-state index contributed by atoms with van der Waals surface area (Å²) in [5, 5.41) is 2.72. The van der Waals surface area contributed by atoms with E-state index >= 15 is 0 Å². The molecule has 1 aliphatic rings. The van der Waals surface area contributed by atoms with E-state index in [4.69, 9.17) is 4.42 Å². The van der Waals surface area contributed by atoms with Gasteiger partial charge in [0.2, 0.25) is 5.91 Å². The lowest BCUT2D eigenvalue weighted by Gasteiger charge is -2.17. The molecule has 124 valence electrons. The Labute approximate surface area is 142 Å². The molecule has 1 aromatic carbocycles. The number of hydrazine groups is 1. The van der Waals surface area contributed by atoms with Crippen LogP contribution in [0.2, 0.25) is 0 Å². The topological polar surface area (TPSA) is 100 Å². The molecule has 1 aromatic heterocycles. The molecule has 2 aromatic rings. The van der Waals surface area contributed by atoms with E-state index in [9.17, 15) is 14.4 Å². The third-order valence-electron chi connectivity index (χ3n) is 3.45.